The van der Waals surface area contributed by atoms with E-state index in [-0.39, 0.29) is 23.7 Å². The number of carbonyl (C=O) groups excluding carboxylic acids is 1. The molecule has 4 aliphatic heterocycles. The maximum atomic E-state index is 12.4. The lowest BCUT2D eigenvalue weighted by Crippen LogP contribution is -2.61. The van der Waals surface area contributed by atoms with Crippen molar-refractivity contribution in [1.82, 2.24) is 10.2 Å². The molecule has 43 heavy (non-hydrogen) atoms. The lowest BCUT2D eigenvalue weighted by molar-refractivity contribution is -0.189. The topological polar surface area (TPSA) is 184 Å². The summed E-state index contributed by atoms with van der Waals surface area (Å²) in [5.41, 5.74) is -1.35. The Labute approximate surface area is 261 Å². The molecule has 0 radical (unpaired) electrons. The second-order valence-electron chi connectivity index (χ2n) is 11.6. The fourth-order valence-electron chi connectivity index (χ4n) is 4.86. The lowest BCUT2D eigenvalue weighted by atomic mass is 9.95. The van der Waals surface area contributed by atoms with Gasteiger partial charge in [-0.25, -0.2) is 4.79 Å². The average molecular weight is 653 g/mol. The van der Waals surface area contributed by atoms with Crippen LogP contribution in [0.5, 0.6) is 0 Å². The van der Waals surface area contributed by atoms with Crippen LogP contribution in [0.15, 0.2) is 9.98 Å². The van der Waals surface area contributed by atoms with Gasteiger partial charge in [-0.2, -0.15) is 0 Å². The van der Waals surface area contributed by atoms with Crippen molar-refractivity contribution < 1.29 is 48.9 Å². The third kappa shape index (κ3) is 8.54. The first-order valence-electron chi connectivity index (χ1n) is 14.5. The van der Waals surface area contributed by atoms with Crippen LogP contribution in [0.4, 0.5) is 4.79 Å². The van der Waals surface area contributed by atoms with Crippen LogP contribution < -0.4 is 5.32 Å². The minimum Gasteiger partial charge on any atom is -0.443 e. The van der Waals surface area contributed by atoms with E-state index in [1.54, 1.807) is 34.8 Å². The van der Waals surface area contributed by atoms with E-state index in [4.69, 9.17) is 23.7 Å². The predicted molar refractivity (Wildman–Crippen MR) is 164 cm³/mol. The van der Waals surface area contributed by atoms with E-state index in [0.717, 1.165) is 5.17 Å². The summed E-state index contributed by atoms with van der Waals surface area (Å²) >= 11 is 2.69. The van der Waals surface area contributed by atoms with Crippen LogP contribution in [0, 0.1) is 0 Å². The van der Waals surface area contributed by atoms with Gasteiger partial charge in [0.05, 0.1) is 18.2 Å². The van der Waals surface area contributed by atoms with Gasteiger partial charge in [-0.1, -0.05) is 23.5 Å². The first-order valence-corrected chi connectivity index (χ1v) is 16.2. The van der Waals surface area contributed by atoms with Crippen molar-refractivity contribution in [3.05, 3.63) is 0 Å². The zero-order chi connectivity index (χ0) is 32.2. The van der Waals surface area contributed by atoms with Gasteiger partial charge in [0.15, 0.2) is 10.3 Å². The maximum Gasteiger partial charge on any atom is 0.416 e. The molecule has 16 heteroatoms. The molecule has 1 amide bonds. The molecule has 0 aromatic heterocycles. The van der Waals surface area contributed by atoms with Gasteiger partial charge in [0, 0.05) is 27.3 Å². The highest BCUT2D eigenvalue weighted by Crippen LogP contribution is 2.39. The highest BCUT2D eigenvalue weighted by atomic mass is 32.2. The Hall–Kier alpha value is -1.21. The van der Waals surface area contributed by atoms with Gasteiger partial charge in [0.1, 0.15) is 59.1 Å². The highest BCUT2D eigenvalue weighted by Gasteiger charge is 2.52. The van der Waals surface area contributed by atoms with E-state index in [9.17, 15) is 25.2 Å². The molecule has 0 spiro atoms. The first kappa shape index (κ1) is 36.3. The van der Waals surface area contributed by atoms with Gasteiger partial charge in [0.2, 0.25) is 0 Å². The number of aliphatic hydroxyl groups excluding tert-OH is 4. The number of hydrogen-bond acceptors (Lipinski definition) is 14. The van der Waals surface area contributed by atoms with Gasteiger partial charge >= 0.3 is 6.09 Å². The van der Waals surface area contributed by atoms with Crippen molar-refractivity contribution in [2.45, 2.75) is 126 Å². The Morgan fingerprint density at radius 2 is 1.53 bits per heavy atom. The highest BCUT2D eigenvalue weighted by molar-refractivity contribution is 8.14. The van der Waals surface area contributed by atoms with Crippen LogP contribution in [-0.2, 0) is 23.7 Å². The molecule has 0 unspecified atom stereocenters. The normalized spacial score (nSPS) is 37.7. The van der Waals surface area contributed by atoms with E-state index in [2.05, 4.69) is 15.3 Å². The summed E-state index contributed by atoms with van der Waals surface area (Å²) in [4.78, 5) is 22.5. The summed E-state index contributed by atoms with van der Waals surface area (Å²) in [6, 6.07) is -0.970. The van der Waals surface area contributed by atoms with E-state index < -0.39 is 59.8 Å². The fourth-order valence-corrected chi connectivity index (χ4v) is 7.32. The quantitative estimate of drug-likeness (QED) is 0.271. The van der Waals surface area contributed by atoms with Crippen LogP contribution in [-0.4, -0.2) is 146 Å². The second-order valence-corrected chi connectivity index (χ2v) is 13.7. The van der Waals surface area contributed by atoms with E-state index in [1.807, 2.05) is 20.8 Å². The number of hydrogen-bond donors (Lipinski definition) is 5. The van der Waals surface area contributed by atoms with Crippen molar-refractivity contribution in [3.63, 3.8) is 0 Å². The molecular weight excluding hydrogens is 604 g/mol. The van der Waals surface area contributed by atoms with Gasteiger partial charge in [0.25, 0.3) is 0 Å². The molecule has 12 atom stereocenters. The van der Waals surface area contributed by atoms with Crippen LogP contribution >= 0.6 is 23.5 Å². The Kier molecular flexibility index (Phi) is 13.0. The largest absolute Gasteiger partial charge is 0.443 e. The molecule has 0 bridgehead atoms. The Morgan fingerprint density at radius 3 is 2.05 bits per heavy atom. The standard InChI is InChI=1S/C16H28N2O6S.C11H20N2O4S/c1-7-18(15(21)24-16(3,4)5)14-17-9-10(19)11(20)12(8(2)22-6)23-13(9)25-14;1-4-12-11-13-6-7(14)8(15)9(5(2)16-3)17-10(6)18-11/h8-13,19-20H,7H2,1-6H3;5-10,14-15H,4H2,1-3H3,(H,12,13)/t8-,9+,10+,11-,12+,13+;5-,6+,7+,8-,9+,10+/m00/s1. The van der Waals surface area contributed by atoms with Crippen molar-refractivity contribution >= 4 is 40.0 Å². The van der Waals surface area contributed by atoms with Gasteiger partial charge in [-0.15, -0.1) is 0 Å². The van der Waals surface area contributed by atoms with Crippen molar-refractivity contribution in [2.24, 2.45) is 9.98 Å². The third-order valence-electron chi connectivity index (χ3n) is 7.38. The number of methoxy groups -OCH3 is 2. The maximum absolute atomic E-state index is 12.4. The van der Waals surface area contributed by atoms with E-state index in [1.165, 1.54) is 35.5 Å². The van der Waals surface area contributed by atoms with Gasteiger partial charge in [-0.3, -0.25) is 14.9 Å². The zero-order valence-electron chi connectivity index (χ0n) is 26.2. The number of nitrogens with zero attached hydrogens (tertiary/aromatic N) is 3. The molecular formula is C27H48N4O10S2. The number of aliphatic imine (C=N–C) groups is 2. The SMILES string of the molecule is CCN(C(=O)OC(C)(C)C)C1=N[C@@H]2[C@@H](O)[C@H](O)[C@@H]([C@H](C)OC)O[C@@H]2S1.CCN=C1N[C@@H]2[C@@H](O)[C@H](O)[C@@H]([C@H](C)OC)O[C@@H]2S1. The third-order valence-corrected chi connectivity index (χ3v) is 9.64. The Balaban J connectivity index is 0.000000248. The van der Waals surface area contributed by atoms with E-state index in [0.29, 0.717) is 18.3 Å². The summed E-state index contributed by atoms with van der Waals surface area (Å²) in [6.07, 6.45) is -6.41. The molecule has 4 rings (SSSR count). The number of rotatable bonds is 6. The number of aliphatic hydroxyl groups is 4. The molecule has 0 aromatic rings. The summed E-state index contributed by atoms with van der Waals surface area (Å²) in [5, 5.41) is 45.2. The van der Waals surface area contributed by atoms with Gasteiger partial charge < -0.3 is 49.4 Å². The summed E-state index contributed by atoms with van der Waals surface area (Å²) in [7, 11) is 3.08. The molecule has 4 heterocycles. The van der Waals surface area contributed by atoms with Crippen LogP contribution in [0.2, 0.25) is 0 Å². The number of ether oxygens (including phenoxy) is 5. The number of fused-ring (bicyclic) bond motifs is 2. The van der Waals surface area contributed by atoms with Crippen LogP contribution in [0.3, 0.4) is 0 Å². The molecule has 0 aromatic carbocycles. The summed E-state index contributed by atoms with van der Waals surface area (Å²) in [6.45, 7) is 13.8. The van der Waals surface area contributed by atoms with Crippen LogP contribution in [0.25, 0.3) is 0 Å². The number of nitrogens with one attached hydrogen (secondary N) is 1. The van der Waals surface area contributed by atoms with Crippen molar-refractivity contribution in [2.75, 3.05) is 27.3 Å². The zero-order valence-corrected chi connectivity index (χ0v) is 27.9. The van der Waals surface area contributed by atoms with E-state index >= 15 is 0 Å². The minimum absolute atomic E-state index is 0.240. The molecule has 3 saturated heterocycles. The molecule has 0 aliphatic carbocycles. The Bertz CT molecular complexity index is 1000. The fraction of sp³-hybridized carbons (Fsp3) is 0.889. The number of thioether (sulfide) groups is 2. The summed E-state index contributed by atoms with van der Waals surface area (Å²) < 4.78 is 27.5. The smallest absolute Gasteiger partial charge is 0.416 e. The number of amidine groups is 2. The minimum atomic E-state index is -1.11. The molecule has 3 fully saturated rings. The Morgan fingerprint density at radius 1 is 0.977 bits per heavy atom. The monoisotopic (exact) mass is 652 g/mol. The van der Waals surface area contributed by atoms with Crippen molar-refractivity contribution in [3.8, 4) is 0 Å². The van der Waals surface area contributed by atoms with Gasteiger partial charge in [-0.05, 0) is 48.5 Å². The molecule has 4 aliphatic rings. The van der Waals surface area contributed by atoms with Crippen LogP contribution in [0.1, 0.15) is 48.5 Å². The molecule has 0 saturated carbocycles. The summed E-state index contributed by atoms with van der Waals surface area (Å²) in [5.74, 6) is 0. The van der Waals surface area contributed by atoms with Crippen molar-refractivity contribution in [1.29, 1.82) is 0 Å². The number of carbonyl (C=O) groups is 1. The molecule has 14 nitrogen and oxygen atoms in total. The second kappa shape index (κ2) is 15.4. The molecule has 5 N–H and O–H groups in total. The first-order chi connectivity index (χ1) is 20.2. The lowest BCUT2D eigenvalue weighted by Gasteiger charge is -2.40. The molecule has 248 valence electrons. The average Bonchev–Trinajstić information content (AvgIpc) is 3.56. The predicted octanol–water partition coefficient (Wildman–Crippen LogP) is 0.745. The number of amides is 1.